The van der Waals surface area contributed by atoms with Gasteiger partial charge in [-0.05, 0) is 36.5 Å². The van der Waals surface area contributed by atoms with Crippen molar-refractivity contribution in [3.63, 3.8) is 0 Å². The Morgan fingerprint density at radius 3 is 2.68 bits per heavy atom. The second kappa shape index (κ2) is 4.64. The van der Waals surface area contributed by atoms with Crippen LogP contribution in [0.1, 0.15) is 49.9 Å². The fourth-order valence-electron chi connectivity index (χ4n) is 2.86. The highest BCUT2D eigenvalue weighted by Gasteiger charge is 2.28. The van der Waals surface area contributed by atoms with Crippen LogP contribution in [0.15, 0.2) is 18.2 Å². The second-order valence-electron chi connectivity index (χ2n) is 6.08. The van der Waals surface area contributed by atoms with Crippen molar-refractivity contribution >= 4 is 11.0 Å². The minimum Gasteiger partial charge on any atom is -0.396 e. The molecule has 1 aliphatic carbocycles. The first-order valence-electron chi connectivity index (χ1n) is 7.19. The average Bonchev–Trinajstić information content (AvgIpc) is 3.16. The quantitative estimate of drug-likeness (QED) is 0.914. The van der Waals surface area contributed by atoms with Gasteiger partial charge in [-0.3, -0.25) is 0 Å². The summed E-state index contributed by atoms with van der Waals surface area (Å²) >= 11 is 0. The predicted octanol–water partition coefficient (Wildman–Crippen LogP) is 3.18. The number of hydrogen-bond acceptors (Lipinski definition) is 2. The summed E-state index contributed by atoms with van der Waals surface area (Å²) in [5.74, 6) is 2.54. The SMILES string of the molecule is CC(C)C(CO)c1ccc2nc(C3CC3)n(C)c2c1. The molecule has 0 amide bonds. The topological polar surface area (TPSA) is 38.1 Å². The van der Waals surface area contributed by atoms with Crippen LogP contribution in [0, 0.1) is 5.92 Å². The van der Waals surface area contributed by atoms with E-state index in [1.54, 1.807) is 0 Å². The molecule has 2 aromatic rings. The molecule has 1 fully saturated rings. The van der Waals surface area contributed by atoms with Gasteiger partial charge < -0.3 is 9.67 Å². The number of rotatable bonds is 4. The van der Waals surface area contributed by atoms with Crippen molar-refractivity contribution in [1.29, 1.82) is 0 Å². The smallest absolute Gasteiger partial charge is 0.112 e. The zero-order chi connectivity index (χ0) is 13.6. The van der Waals surface area contributed by atoms with Gasteiger partial charge in [-0.1, -0.05) is 19.9 Å². The van der Waals surface area contributed by atoms with Crippen molar-refractivity contribution in [2.75, 3.05) is 6.61 Å². The molecule has 1 aromatic carbocycles. The van der Waals surface area contributed by atoms with E-state index in [4.69, 9.17) is 4.98 Å². The van der Waals surface area contributed by atoms with Crippen molar-refractivity contribution < 1.29 is 5.11 Å². The molecule has 0 radical (unpaired) electrons. The van der Waals surface area contributed by atoms with E-state index in [9.17, 15) is 5.11 Å². The van der Waals surface area contributed by atoms with E-state index in [0.717, 1.165) is 5.52 Å². The van der Waals surface area contributed by atoms with Gasteiger partial charge in [0.25, 0.3) is 0 Å². The second-order valence-corrected chi connectivity index (χ2v) is 6.08. The number of nitrogens with zero attached hydrogens (tertiary/aromatic N) is 2. The average molecular weight is 258 g/mol. The van der Waals surface area contributed by atoms with E-state index < -0.39 is 0 Å². The molecule has 1 aliphatic rings. The van der Waals surface area contributed by atoms with Gasteiger partial charge in [-0.2, -0.15) is 0 Å². The van der Waals surface area contributed by atoms with Gasteiger partial charge in [0.15, 0.2) is 0 Å². The lowest BCUT2D eigenvalue weighted by Gasteiger charge is -2.18. The Balaban J connectivity index is 2.06. The van der Waals surface area contributed by atoms with Crippen molar-refractivity contribution in [2.24, 2.45) is 13.0 Å². The van der Waals surface area contributed by atoms with Crippen molar-refractivity contribution in [2.45, 2.75) is 38.5 Å². The first kappa shape index (κ1) is 12.7. The van der Waals surface area contributed by atoms with Crippen LogP contribution in [0.3, 0.4) is 0 Å². The molecule has 1 N–H and O–H groups in total. The lowest BCUT2D eigenvalue weighted by atomic mass is 9.89. The van der Waals surface area contributed by atoms with E-state index in [2.05, 4.69) is 43.7 Å². The molecule has 0 aliphatic heterocycles. The lowest BCUT2D eigenvalue weighted by Crippen LogP contribution is -2.11. The molecule has 3 heteroatoms. The monoisotopic (exact) mass is 258 g/mol. The van der Waals surface area contributed by atoms with Crippen LogP contribution in [0.2, 0.25) is 0 Å². The molecule has 1 saturated carbocycles. The molecule has 1 heterocycles. The zero-order valence-electron chi connectivity index (χ0n) is 11.9. The maximum Gasteiger partial charge on any atom is 0.112 e. The van der Waals surface area contributed by atoms with E-state index in [0.29, 0.717) is 11.8 Å². The van der Waals surface area contributed by atoms with E-state index in [1.807, 2.05) is 0 Å². The molecule has 0 bridgehead atoms. The van der Waals surface area contributed by atoms with Crippen LogP contribution >= 0.6 is 0 Å². The number of aliphatic hydroxyl groups excluding tert-OH is 1. The molecule has 3 rings (SSSR count). The predicted molar refractivity (Wildman–Crippen MR) is 77.4 cm³/mol. The summed E-state index contributed by atoms with van der Waals surface area (Å²) in [6.07, 6.45) is 2.55. The summed E-state index contributed by atoms with van der Waals surface area (Å²) in [7, 11) is 2.11. The Morgan fingerprint density at radius 1 is 1.37 bits per heavy atom. The molecule has 1 unspecified atom stereocenters. The normalized spacial score (nSPS) is 17.3. The number of imidazole rings is 1. The number of aryl methyl sites for hydroxylation is 1. The van der Waals surface area contributed by atoms with Crippen LogP contribution in [-0.2, 0) is 7.05 Å². The number of fused-ring (bicyclic) bond motifs is 1. The van der Waals surface area contributed by atoms with Gasteiger partial charge in [0.1, 0.15) is 5.82 Å². The molecule has 1 atom stereocenters. The molecule has 19 heavy (non-hydrogen) atoms. The molecular weight excluding hydrogens is 236 g/mol. The standard InChI is InChI=1S/C16H22N2O/c1-10(2)13(9-19)12-6-7-14-15(8-12)18(3)16(17-14)11-4-5-11/h6-8,10-11,13,19H,4-5,9H2,1-3H3. The molecule has 1 aromatic heterocycles. The Labute approximate surface area is 114 Å². The van der Waals surface area contributed by atoms with Gasteiger partial charge in [0.05, 0.1) is 17.6 Å². The van der Waals surface area contributed by atoms with Gasteiger partial charge >= 0.3 is 0 Å². The van der Waals surface area contributed by atoms with Crippen molar-refractivity contribution in [3.8, 4) is 0 Å². The summed E-state index contributed by atoms with van der Waals surface area (Å²) in [5, 5.41) is 9.57. The molecular formula is C16H22N2O. The van der Waals surface area contributed by atoms with Gasteiger partial charge in [0, 0.05) is 18.9 Å². The summed E-state index contributed by atoms with van der Waals surface area (Å²) in [6.45, 7) is 4.52. The maximum absolute atomic E-state index is 9.57. The van der Waals surface area contributed by atoms with Crippen LogP contribution in [0.4, 0.5) is 0 Å². The molecule has 0 spiro atoms. The number of aliphatic hydroxyl groups is 1. The summed E-state index contributed by atoms with van der Waals surface area (Å²) < 4.78 is 2.23. The Bertz CT molecular complexity index is 596. The first-order valence-corrected chi connectivity index (χ1v) is 7.19. The number of aromatic nitrogens is 2. The van der Waals surface area contributed by atoms with Gasteiger partial charge in [0.2, 0.25) is 0 Å². The third-order valence-electron chi connectivity index (χ3n) is 4.31. The highest BCUT2D eigenvalue weighted by molar-refractivity contribution is 5.77. The summed E-state index contributed by atoms with van der Waals surface area (Å²) in [6, 6.07) is 6.42. The molecule has 3 nitrogen and oxygen atoms in total. The lowest BCUT2D eigenvalue weighted by molar-refractivity contribution is 0.237. The van der Waals surface area contributed by atoms with Gasteiger partial charge in [-0.15, -0.1) is 0 Å². The minimum absolute atomic E-state index is 0.205. The molecule has 0 saturated heterocycles. The van der Waals surface area contributed by atoms with Crippen LogP contribution < -0.4 is 0 Å². The largest absolute Gasteiger partial charge is 0.396 e. The third-order valence-corrected chi connectivity index (χ3v) is 4.31. The summed E-state index contributed by atoms with van der Waals surface area (Å²) in [5.41, 5.74) is 3.49. The Hall–Kier alpha value is -1.35. The summed E-state index contributed by atoms with van der Waals surface area (Å²) in [4.78, 5) is 4.75. The highest BCUT2D eigenvalue weighted by atomic mass is 16.3. The maximum atomic E-state index is 9.57. The number of benzene rings is 1. The van der Waals surface area contributed by atoms with Crippen molar-refractivity contribution in [1.82, 2.24) is 9.55 Å². The van der Waals surface area contributed by atoms with Crippen LogP contribution in [-0.4, -0.2) is 21.3 Å². The third kappa shape index (κ3) is 2.16. The van der Waals surface area contributed by atoms with E-state index >= 15 is 0 Å². The highest BCUT2D eigenvalue weighted by Crippen LogP contribution is 2.40. The zero-order valence-corrected chi connectivity index (χ0v) is 11.9. The van der Waals surface area contributed by atoms with Gasteiger partial charge in [-0.25, -0.2) is 4.98 Å². The van der Waals surface area contributed by atoms with E-state index in [1.165, 1.54) is 29.7 Å². The Kier molecular flexibility index (Phi) is 3.09. The molecule has 102 valence electrons. The fourth-order valence-corrected chi connectivity index (χ4v) is 2.86. The fraction of sp³-hybridized carbons (Fsp3) is 0.562. The van der Waals surface area contributed by atoms with E-state index in [-0.39, 0.29) is 12.5 Å². The van der Waals surface area contributed by atoms with Crippen LogP contribution in [0.25, 0.3) is 11.0 Å². The van der Waals surface area contributed by atoms with Crippen LogP contribution in [0.5, 0.6) is 0 Å². The Morgan fingerprint density at radius 2 is 2.11 bits per heavy atom. The number of hydrogen-bond donors (Lipinski definition) is 1. The van der Waals surface area contributed by atoms with Crippen molar-refractivity contribution in [3.05, 3.63) is 29.6 Å². The first-order chi connectivity index (χ1) is 9.11. The minimum atomic E-state index is 0.205.